The molecule has 1 aromatic heterocycles. The molecule has 2 spiro atoms. The lowest BCUT2D eigenvalue weighted by Crippen LogP contribution is -2.48. The highest BCUT2D eigenvalue weighted by Crippen LogP contribution is 2.61. The van der Waals surface area contributed by atoms with E-state index in [0.29, 0.717) is 11.1 Å². The number of fused-ring (bicyclic) bond motifs is 2. The zero-order valence-corrected chi connectivity index (χ0v) is 13.1. The fourth-order valence-electron chi connectivity index (χ4n) is 3.96. The number of aryl methyl sites for hydroxylation is 1. The summed E-state index contributed by atoms with van der Waals surface area (Å²) in [5, 5.41) is 0. The minimum atomic E-state index is -0.483. The molecular weight excluding hydrogens is 320 g/mol. The third kappa shape index (κ3) is 1.42. The van der Waals surface area contributed by atoms with Gasteiger partial charge in [0.2, 0.25) is 0 Å². The zero-order valence-electron chi connectivity index (χ0n) is 11.5. The van der Waals surface area contributed by atoms with Crippen molar-refractivity contribution in [2.45, 2.75) is 51.1 Å². The predicted octanol–water partition coefficient (Wildman–Crippen LogP) is 2.93. The van der Waals surface area contributed by atoms with Crippen molar-refractivity contribution in [3.05, 3.63) is 33.7 Å². The first kappa shape index (κ1) is 12.6. The predicted molar refractivity (Wildman–Crippen MR) is 78.6 cm³/mol. The Hall–Kier alpha value is -1.10. The molecule has 0 radical (unpaired) electrons. The first-order valence-electron chi connectivity index (χ1n) is 7.23. The molecule has 0 atom stereocenters. The minimum absolute atomic E-state index is 0.0624. The summed E-state index contributed by atoms with van der Waals surface area (Å²) in [6.07, 6.45) is 6.61. The van der Waals surface area contributed by atoms with Gasteiger partial charge in [-0.15, -0.1) is 0 Å². The number of carbonyl (C=O) groups excluding carboxylic acids is 1. The van der Waals surface area contributed by atoms with Gasteiger partial charge in [0, 0.05) is 6.07 Å². The molecule has 0 unspecified atom stereocenters. The van der Waals surface area contributed by atoms with Gasteiger partial charge in [-0.1, -0.05) is 6.07 Å². The van der Waals surface area contributed by atoms with Crippen molar-refractivity contribution in [2.24, 2.45) is 5.41 Å². The molecule has 4 rings (SSSR count). The first-order chi connectivity index (χ1) is 9.49. The van der Waals surface area contributed by atoms with Crippen molar-refractivity contribution in [3.8, 4) is 0 Å². The number of hydrogen-bond donors (Lipinski definition) is 0. The van der Waals surface area contributed by atoms with Crippen LogP contribution in [0.3, 0.4) is 0 Å². The van der Waals surface area contributed by atoms with E-state index in [1.165, 1.54) is 12.8 Å². The summed E-state index contributed by atoms with van der Waals surface area (Å²) in [7, 11) is 0. The molecule has 2 aliphatic carbocycles. The van der Waals surface area contributed by atoms with E-state index < -0.39 is 5.66 Å². The molecule has 3 aliphatic rings. The number of hydrogen-bond acceptors (Lipinski definition) is 2. The molecule has 0 aromatic carbocycles. The lowest BCUT2D eigenvalue weighted by atomic mass is 9.79. The molecule has 2 fully saturated rings. The molecule has 20 heavy (non-hydrogen) atoms. The van der Waals surface area contributed by atoms with Gasteiger partial charge in [0.05, 0.1) is 16.1 Å². The van der Waals surface area contributed by atoms with Crippen molar-refractivity contribution in [3.63, 3.8) is 0 Å². The number of pyridine rings is 1. The first-order valence-corrected chi connectivity index (χ1v) is 7.94. The van der Waals surface area contributed by atoms with Crippen LogP contribution in [-0.4, -0.2) is 14.4 Å². The summed E-state index contributed by atoms with van der Waals surface area (Å²) in [6, 6.07) is 3.33. The maximum absolute atomic E-state index is 12.5. The van der Waals surface area contributed by atoms with E-state index >= 15 is 0 Å². The van der Waals surface area contributed by atoms with Crippen molar-refractivity contribution < 1.29 is 4.79 Å². The van der Waals surface area contributed by atoms with Crippen LogP contribution in [0.15, 0.2) is 16.9 Å². The van der Waals surface area contributed by atoms with Crippen LogP contribution >= 0.6 is 16.1 Å². The highest BCUT2D eigenvalue weighted by atomic mass is 79.9. The Morgan fingerprint density at radius 3 is 2.25 bits per heavy atom. The summed E-state index contributed by atoms with van der Waals surface area (Å²) in [5.74, 6) is -0.0769. The summed E-state index contributed by atoms with van der Waals surface area (Å²) in [4.78, 5) is 24.9. The molecule has 4 nitrogen and oxygen atoms in total. The SMILES string of the molecule is Cc1ccc(=O)n2c1C(=O)N(Br)C21CCC2(CC2)CC1. The molecule has 2 heterocycles. The molecule has 106 valence electrons. The average Bonchev–Trinajstić information content (AvgIpc) is 3.16. The van der Waals surface area contributed by atoms with Crippen molar-refractivity contribution >= 4 is 22.1 Å². The van der Waals surface area contributed by atoms with Crippen LogP contribution in [-0.2, 0) is 5.66 Å². The second-order valence-corrected chi connectivity index (χ2v) is 7.32. The standard InChI is InChI=1S/C15H17BrN2O2/c1-10-2-3-11(19)17-12(10)13(20)18(16)15(17)8-6-14(4-5-14)7-9-15/h2-3H,4-9H2,1H3. The van der Waals surface area contributed by atoms with E-state index in [2.05, 4.69) is 16.1 Å². The molecular formula is C15H17BrN2O2. The van der Waals surface area contributed by atoms with Gasteiger partial charge in [-0.05, 0) is 56.4 Å². The normalized spacial score (nSPS) is 25.3. The van der Waals surface area contributed by atoms with Gasteiger partial charge in [0.25, 0.3) is 11.5 Å². The monoisotopic (exact) mass is 336 g/mol. The Kier molecular flexibility index (Phi) is 2.37. The molecule has 1 aromatic rings. The molecule has 0 saturated heterocycles. The van der Waals surface area contributed by atoms with Gasteiger partial charge in [0.1, 0.15) is 11.4 Å². The van der Waals surface area contributed by atoms with Crippen LogP contribution in [0.25, 0.3) is 0 Å². The van der Waals surface area contributed by atoms with Crippen LogP contribution in [0.4, 0.5) is 0 Å². The van der Waals surface area contributed by atoms with Gasteiger partial charge in [-0.2, -0.15) is 0 Å². The number of rotatable bonds is 0. The lowest BCUT2D eigenvalue weighted by Gasteiger charge is -2.41. The fourth-order valence-corrected chi connectivity index (χ4v) is 4.64. The molecule has 5 heteroatoms. The maximum Gasteiger partial charge on any atom is 0.282 e. The van der Waals surface area contributed by atoms with Crippen LogP contribution < -0.4 is 5.56 Å². The number of halogens is 1. The van der Waals surface area contributed by atoms with Gasteiger partial charge in [0.15, 0.2) is 0 Å². The fraction of sp³-hybridized carbons (Fsp3) is 0.600. The van der Waals surface area contributed by atoms with Gasteiger partial charge in [-0.3, -0.25) is 14.2 Å². The Balaban J connectivity index is 1.88. The second kappa shape index (κ2) is 3.75. The van der Waals surface area contributed by atoms with Gasteiger partial charge >= 0.3 is 0 Å². The van der Waals surface area contributed by atoms with Crippen molar-refractivity contribution in [2.75, 3.05) is 0 Å². The minimum Gasteiger partial charge on any atom is -0.278 e. The van der Waals surface area contributed by atoms with Crippen LogP contribution in [0, 0.1) is 12.3 Å². The number of aromatic nitrogens is 1. The molecule has 0 bridgehead atoms. The molecule has 0 N–H and O–H groups in total. The van der Waals surface area contributed by atoms with Crippen molar-refractivity contribution in [1.82, 2.24) is 8.49 Å². The summed E-state index contributed by atoms with van der Waals surface area (Å²) < 4.78 is 3.38. The number of nitrogens with zero attached hydrogens (tertiary/aromatic N) is 2. The van der Waals surface area contributed by atoms with E-state index in [9.17, 15) is 9.59 Å². The summed E-state index contributed by atoms with van der Waals surface area (Å²) in [6.45, 7) is 1.90. The van der Waals surface area contributed by atoms with Gasteiger partial charge < -0.3 is 0 Å². The van der Waals surface area contributed by atoms with E-state index in [1.807, 2.05) is 6.92 Å². The Morgan fingerprint density at radius 2 is 1.65 bits per heavy atom. The number of carbonyl (C=O) groups is 1. The summed E-state index contributed by atoms with van der Waals surface area (Å²) in [5.41, 5.74) is 1.42. The molecule has 1 amide bonds. The molecule has 1 aliphatic heterocycles. The largest absolute Gasteiger partial charge is 0.282 e. The average molecular weight is 337 g/mol. The third-order valence-electron chi connectivity index (χ3n) is 5.52. The number of amides is 1. The summed E-state index contributed by atoms with van der Waals surface area (Å²) >= 11 is 3.45. The highest BCUT2D eigenvalue weighted by Gasteiger charge is 2.57. The van der Waals surface area contributed by atoms with Gasteiger partial charge in [-0.25, -0.2) is 3.93 Å². The zero-order chi connectivity index (χ0) is 14.1. The van der Waals surface area contributed by atoms with Crippen LogP contribution in [0.2, 0.25) is 0 Å². The quantitative estimate of drug-likeness (QED) is 0.683. The highest BCUT2D eigenvalue weighted by molar-refractivity contribution is 9.07. The van der Waals surface area contributed by atoms with Crippen LogP contribution in [0.1, 0.15) is 54.6 Å². The third-order valence-corrected chi connectivity index (χ3v) is 6.51. The Labute approximate surface area is 126 Å². The maximum atomic E-state index is 12.5. The lowest BCUT2D eigenvalue weighted by molar-refractivity contribution is 0.0492. The molecule has 2 saturated carbocycles. The van der Waals surface area contributed by atoms with Crippen molar-refractivity contribution in [1.29, 1.82) is 0 Å². The Morgan fingerprint density at radius 1 is 1.05 bits per heavy atom. The van der Waals surface area contributed by atoms with E-state index in [0.717, 1.165) is 31.2 Å². The smallest absolute Gasteiger partial charge is 0.278 e. The topological polar surface area (TPSA) is 42.3 Å². The van der Waals surface area contributed by atoms with Crippen LogP contribution in [0.5, 0.6) is 0 Å². The second-order valence-electron chi connectivity index (χ2n) is 6.61. The Bertz CT molecular complexity index is 665. The van der Waals surface area contributed by atoms with E-state index in [1.54, 1.807) is 20.6 Å². The van der Waals surface area contributed by atoms with E-state index in [-0.39, 0.29) is 11.5 Å². The van der Waals surface area contributed by atoms with E-state index in [4.69, 9.17) is 0 Å².